The van der Waals surface area contributed by atoms with E-state index in [1.807, 2.05) is 60.8 Å². The molecule has 1 aliphatic carbocycles. The lowest BCUT2D eigenvalue weighted by molar-refractivity contribution is 0.282. The van der Waals surface area contributed by atoms with Crippen molar-refractivity contribution < 1.29 is 9.50 Å². The minimum absolute atomic E-state index is 0.0224. The molecule has 0 aliphatic heterocycles. The van der Waals surface area contributed by atoms with Crippen LogP contribution in [0.5, 0.6) is 0 Å². The fourth-order valence-electron chi connectivity index (χ4n) is 4.11. The van der Waals surface area contributed by atoms with Crippen molar-refractivity contribution in [3.8, 4) is 11.3 Å². The standard InChI is InChI=1S/C25H20FN3O/c26-23-11-4-3-9-20(23)22-13-17-14-27-25(28-18-7-5-6-16(12-18)15-30)29-24(17)21-10-2-1-8-19(21)22/h1-12,14,22,30H,13,15H2,(H,27,28,29). The Balaban J connectivity index is 1.55. The maximum Gasteiger partial charge on any atom is 0.227 e. The summed E-state index contributed by atoms with van der Waals surface area (Å²) in [6.45, 7) is -0.0224. The lowest BCUT2D eigenvalue weighted by atomic mass is 9.78. The van der Waals surface area contributed by atoms with Crippen LogP contribution in [-0.2, 0) is 13.0 Å². The van der Waals surface area contributed by atoms with E-state index in [1.54, 1.807) is 6.07 Å². The van der Waals surface area contributed by atoms with Gasteiger partial charge in [-0.3, -0.25) is 0 Å². The summed E-state index contributed by atoms with van der Waals surface area (Å²) >= 11 is 0. The lowest BCUT2D eigenvalue weighted by Crippen LogP contribution is -2.16. The number of hydrogen-bond acceptors (Lipinski definition) is 4. The normalized spacial score (nSPS) is 14.7. The molecule has 4 nitrogen and oxygen atoms in total. The van der Waals surface area contributed by atoms with Crippen molar-refractivity contribution >= 4 is 11.6 Å². The predicted octanol–water partition coefficient (Wildman–Crippen LogP) is 5.21. The molecule has 0 radical (unpaired) electrons. The second-order valence-electron chi connectivity index (χ2n) is 7.42. The van der Waals surface area contributed by atoms with Gasteiger partial charge in [-0.05, 0) is 46.9 Å². The Morgan fingerprint density at radius 2 is 1.77 bits per heavy atom. The molecule has 5 heteroatoms. The molecule has 0 saturated carbocycles. The highest BCUT2D eigenvalue weighted by molar-refractivity contribution is 5.73. The molecule has 2 N–H and O–H groups in total. The van der Waals surface area contributed by atoms with Gasteiger partial charge in [0.25, 0.3) is 0 Å². The minimum Gasteiger partial charge on any atom is -0.392 e. The molecule has 148 valence electrons. The quantitative estimate of drug-likeness (QED) is 0.497. The first-order chi connectivity index (χ1) is 14.7. The Morgan fingerprint density at radius 3 is 2.60 bits per heavy atom. The van der Waals surface area contributed by atoms with Gasteiger partial charge in [0.15, 0.2) is 0 Å². The monoisotopic (exact) mass is 397 g/mol. The molecule has 0 spiro atoms. The summed E-state index contributed by atoms with van der Waals surface area (Å²) in [7, 11) is 0. The van der Waals surface area contributed by atoms with E-state index in [2.05, 4.69) is 16.4 Å². The molecule has 3 aromatic carbocycles. The van der Waals surface area contributed by atoms with E-state index in [0.717, 1.165) is 33.6 Å². The van der Waals surface area contributed by atoms with E-state index in [9.17, 15) is 9.50 Å². The summed E-state index contributed by atoms with van der Waals surface area (Å²) in [6.07, 6.45) is 2.47. The summed E-state index contributed by atoms with van der Waals surface area (Å²) in [5.74, 6) is 0.227. The van der Waals surface area contributed by atoms with Crippen LogP contribution in [0.15, 0.2) is 79.0 Å². The number of nitrogens with one attached hydrogen (secondary N) is 1. The SMILES string of the molecule is OCc1cccc(Nc2ncc3c(n2)-c2ccccc2C(c2ccccc2F)C3)c1. The van der Waals surface area contributed by atoms with E-state index in [4.69, 9.17) is 4.98 Å². The van der Waals surface area contributed by atoms with Crippen molar-refractivity contribution in [2.45, 2.75) is 18.9 Å². The second-order valence-corrected chi connectivity index (χ2v) is 7.42. The highest BCUT2D eigenvalue weighted by Gasteiger charge is 2.28. The Hall–Kier alpha value is -3.57. The number of hydrogen-bond donors (Lipinski definition) is 2. The number of nitrogens with zero attached hydrogens (tertiary/aromatic N) is 2. The number of fused-ring (bicyclic) bond motifs is 3. The molecule has 0 saturated heterocycles. The van der Waals surface area contributed by atoms with Crippen LogP contribution >= 0.6 is 0 Å². The Morgan fingerprint density at radius 1 is 0.967 bits per heavy atom. The first kappa shape index (κ1) is 18.5. The van der Waals surface area contributed by atoms with Gasteiger partial charge < -0.3 is 10.4 Å². The number of aromatic nitrogens is 2. The molecule has 1 aliphatic rings. The molecule has 1 atom stereocenters. The predicted molar refractivity (Wildman–Crippen MR) is 115 cm³/mol. The van der Waals surface area contributed by atoms with E-state index in [1.165, 1.54) is 6.07 Å². The average Bonchev–Trinajstić information content (AvgIpc) is 2.79. The second kappa shape index (κ2) is 7.69. The first-order valence-electron chi connectivity index (χ1n) is 9.89. The molecule has 4 aromatic rings. The van der Waals surface area contributed by atoms with Gasteiger partial charge in [-0.25, -0.2) is 14.4 Å². The van der Waals surface area contributed by atoms with Crippen molar-refractivity contribution in [3.63, 3.8) is 0 Å². The van der Waals surface area contributed by atoms with Gasteiger partial charge in [0.2, 0.25) is 5.95 Å². The number of anilines is 2. The third kappa shape index (κ3) is 3.33. The number of halogens is 1. The van der Waals surface area contributed by atoms with Crippen molar-refractivity contribution in [3.05, 3.63) is 107 Å². The molecule has 30 heavy (non-hydrogen) atoms. The molecule has 5 rings (SSSR count). The van der Waals surface area contributed by atoms with Crippen LogP contribution in [0.3, 0.4) is 0 Å². The minimum atomic E-state index is -0.191. The van der Waals surface area contributed by atoms with Gasteiger partial charge >= 0.3 is 0 Å². The van der Waals surface area contributed by atoms with Gasteiger partial charge in [-0.2, -0.15) is 0 Å². The summed E-state index contributed by atoms with van der Waals surface area (Å²) in [5, 5.41) is 12.6. The van der Waals surface area contributed by atoms with E-state index in [0.29, 0.717) is 17.9 Å². The third-order valence-electron chi connectivity index (χ3n) is 5.53. The van der Waals surface area contributed by atoms with Gasteiger partial charge in [-0.15, -0.1) is 0 Å². The van der Waals surface area contributed by atoms with Crippen LogP contribution in [0.2, 0.25) is 0 Å². The molecule has 1 aromatic heterocycles. The third-order valence-corrected chi connectivity index (χ3v) is 5.53. The van der Waals surface area contributed by atoms with Crippen molar-refractivity contribution in [2.75, 3.05) is 5.32 Å². The zero-order valence-electron chi connectivity index (χ0n) is 16.2. The van der Waals surface area contributed by atoms with Crippen molar-refractivity contribution in [1.29, 1.82) is 0 Å². The summed E-state index contributed by atoms with van der Waals surface area (Å²) in [5.41, 5.74) is 6.26. The van der Waals surface area contributed by atoms with Crippen molar-refractivity contribution in [1.82, 2.24) is 9.97 Å². The molecule has 1 unspecified atom stereocenters. The fraction of sp³-hybridized carbons (Fsp3) is 0.120. The van der Waals surface area contributed by atoms with Crippen LogP contribution in [-0.4, -0.2) is 15.1 Å². The maximum atomic E-state index is 14.6. The van der Waals surface area contributed by atoms with E-state index in [-0.39, 0.29) is 18.3 Å². The molecule has 0 amide bonds. The molecule has 0 fully saturated rings. The first-order valence-corrected chi connectivity index (χ1v) is 9.89. The topological polar surface area (TPSA) is 58.0 Å². The summed E-state index contributed by atoms with van der Waals surface area (Å²) in [6, 6.07) is 22.5. The van der Waals surface area contributed by atoms with Crippen LogP contribution in [0.4, 0.5) is 16.0 Å². The van der Waals surface area contributed by atoms with Gasteiger partial charge in [0.05, 0.1) is 12.3 Å². The molecule has 0 bridgehead atoms. The highest BCUT2D eigenvalue weighted by Crippen LogP contribution is 2.42. The van der Waals surface area contributed by atoms with Crippen molar-refractivity contribution in [2.24, 2.45) is 0 Å². The van der Waals surface area contributed by atoms with E-state index < -0.39 is 0 Å². The van der Waals surface area contributed by atoms with Crippen LogP contribution in [0, 0.1) is 5.82 Å². The molecular weight excluding hydrogens is 377 g/mol. The smallest absolute Gasteiger partial charge is 0.227 e. The Kier molecular flexibility index (Phi) is 4.73. The van der Waals surface area contributed by atoms with Crippen LogP contribution in [0.25, 0.3) is 11.3 Å². The maximum absolute atomic E-state index is 14.6. The summed E-state index contributed by atoms with van der Waals surface area (Å²) < 4.78 is 14.6. The summed E-state index contributed by atoms with van der Waals surface area (Å²) in [4.78, 5) is 9.27. The largest absolute Gasteiger partial charge is 0.392 e. The van der Waals surface area contributed by atoms with Gasteiger partial charge in [-0.1, -0.05) is 54.6 Å². The zero-order valence-corrected chi connectivity index (χ0v) is 16.2. The highest BCUT2D eigenvalue weighted by atomic mass is 19.1. The fourth-order valence-corrected chi connectivity index (χ4v) is 4.11. The molecular formula is C25H20FN3O. The zero-order chi connectivity index (χ0) is 20.5. The number of benzene rings is 3. The number of rotatable bonds is 4. The number of aliphatic hydroxyl groups excluding tert-OH is 1. The lowest BCUT2D eigenvalue weighted by Gasteiger charge is -2.27. The van der Waals surface area contributed by atoms with E-state index >= 15 is 0 Å². The average molecular weight is 397 g/mol. The molecule has 1 heterocycles. The van der Waals surface area contributed by atoms with Gasteiger partial charge in [0.1, 0.15) is 5.82 Å². The van der Waals surface area contributed by atoms with Crippen LogP contribution in [0.1, 0.15) is 28.2 Å². The van der Waals surface area contributed by atoms with Crippen LogP contribution < -0.4 is 5.32 Å². The number of aliphatic hydroxyl groups is 1. The Bertz CT molecular complexity index is 1220. The Labute approximate surface area is 174 Å². The van der Waals surface area contributed by atoms with Gasteiger partial charge in [0, 0.05) is 23.4 Å².